The molecule has 0 aliphatic carbocycles. The first-order chi connectivity index (χ1) is 11.8. The molecule has 4 rings (SSSR count). The molecule has 126 valence electrons. The number of rotatable bonds is 5. The minimum Gasteiger partial charge on any atom is -0.394 e. The van der Waals surface area contributed by atoms with E-state index in [0.29, 0.717) is 12.5 Å². The van der Waals surface area contributed by atoms with Gasteiger partial charge in [-0.25, -0.2) is 0 Å². The molecule has 1 aliphatic rings. The van der Waals surface area contributed by atoms with E-state index in [9.17, 15) is 0 Å². The van der Waals surface area contributed by atoms with E-state index < -0.39 is 0 Å². The quantitative estimate of drug-likeness (QED) is 0.759. The smallest absolute Gasteiger partial charge is 0.0668 e. The number of aliphatic hydroxyl groups is 1. The summed E-state index contributed by atoms with van der Waals surface area (Å²) in [5.41, 5.74) is 3.78. The van der Waals surface area contributed by atoms with E-state index in [2.05, 4.69) is 45.3 Å². The van der Waals surface area contributed by atoms with Gasteiger partial charge in [-0.2, -0.15) is 5.10 Å². The first kappa shape index (κ1) is 15.4. The Hall–Kier alpha value is -2.11. The molecule has 3 heterocycles. The van der Waals surface area contributed by atoms with Gasteiger partial charge in [0.15, 0.2) is 0 Å². The lowest BCUT2D eigenvalue weighted by atomic mass is 9.94. The standard InChI is InChI=1S/C19H24N4O/c24-12-11-23-10-7-18(21-23)16-5-2-9-22(13-16)14-17-4-1-3-15-6-8-20-19(15)17/h1,3-4,6-8,10,16,20,24H,2,5,9,11-14H2/t16-/m1/s1. The number of aliphatic hydroxyl groups excluding tert-OH is 1. The van der Waals surface area contributed by atoms with Gasteiger partial charge in [-0.3, -0.25) is 9.58 Å². The normalized spacial score (nSPS) is 19.1. The Balaban J connectivity index is 1.47. The molecular weight excluding hydrogens is 300 g/mol. The number of para-hydroxylation sites is 1. The summed E-state index contributed by atoms with van der Waals surface area (Å²) in [6, 6.07) is 10.8. The number of nitrogens with one attached hydrogen (secondary N) is 1. The molecule has 0 saturated carbocycles. The Kier molecular flexibility index (Phi) is 4.36. The number of H-pyrrole nitrogens is 1. The number of likely N-dealkylation sites (tertiary alicyclic amines) is 1. The summed E-state index contributed by atoms with van der Waals surface area (Å²) in [5, 5.41) is 15.0. The first-order valence-corrected chi connectivity index (χ1v) is 8.75. The van der Waals surface area contributed by atoms with Gasteiger partial charge in [0.2, 0.25) is 0 Å². The lowest BCUT2D eigenvalue weighted by Crippen LogP contribution is -2.34. The maximum absolute atomic E-state index is 9.04. The number of piperidine rings is 1. The van der Waals surface area contributed by atoms with Gasteiger partial charge in [0.05, 0.1) is 18.8 Å². The number of hydrogen-bond donors (Lipinski definition) is 2. The zero-order chi connectivity index (χ0) is 16.4. The molecule has 3 aromatic rings. The lowest BCUT2D eigenvalue weighted by molar-refractivity contribution is 0.198. The van der Waals surface area contributed by atoms with E-state index in [-0.39, 0.29) is 6.61 Å². The predicted molar refractivity (Wildman–Crippen MR) is 94.9 cm³/mol. The molecule has 1 fully saturated rings. The molecule has 1 saturated heterocycles. The number of aromatic amines is 1. The summed E-state index contributed by atoms with van der Waals surface area (Å²) in [6.45, 7) is 3.88. The average Bonchev–Trinajstić information content (AvgIpc) is 3.25. The summed E-state index contributed by atoms with van der Waals surface area (Å²) in [4.78, 5) is 5.91. The van der Waals surface area contributed by atoms with Gasteiger partial charge < -0.3 is 10.1 Å². The second-order valence-electron chi connectivity index (χ2n) is 6.66. The number of hydrogen-bond acceptors (Lipinski definition) is 3. The Labute approximate surface area is 141 Å². The van der Waals surface area contributed by atoms with E-state index in [1.54, 1.807) is 0 Å². The number of benzene rings is 1. The van der Waals surface area contributed by atoms with E-state index in [1.807, 2.05) is 17.1 Å². The van der Waals surface area contributed by atoms with Crippen molar-refractivity contribution in [2.45, 2.75) is 31.8 Å². The Bertz CT molecular complexity index is 806. The zero-order valence-electron chi connectivity index (χ0n) is 13.9. The van der Waals surface area contributed by atoms with Crippen LogP contribution in [0.25, 0.3) is 10.9 Å². The fourth-order valence-electron chi connectivity index (χ4n) is 3.79. The molecule has 0 radical (unpaired) electrons. The molecule has 5 nitrogen and oxygen atoms in total. The molecule has 5 heteroatoms. The van der Waals surface area contributed by atoms with Crippen LogP contribution in [-0.2, 0) is 13.1 Å². The molecule has 1 aliphatic heterocycles. The first-order valence-electron chi connectivity index (χ1n) is 8.75. The number of nitrogens with zero attached hydrogens (tertiary/aromatic N) is 3. The molecule has 0 amide bonds. The largest absolute Gasteiger partial charge is 0.394 e. The molecule has 2 N–H and O–H groups in total. The maximum Gasteiger partial charge on any atom is 0.0668 e. The Morgan fingerprint density at radius 1 is 1.25 bits per heavy atom. The molecule has 24 heavy (non-hydrogen) atoms. The highest BCUT2D eigenvalue weighted by atomic mass is 16.3. The molecule has 0 bridgehead atoms. The van der Waals surface area contributed by atoms with Crippen LogP contribution in [0.2, 0.25) is 0 Å². The molecule has 0 spiro atoms. The molecular formula is C19H24N4O. The van der Waals surface area contributed by atoms with Crippen LogP contribution in [0.5, 0.6) is 0 Å². The van der Waals surface area contributed by atoms with Gasteiger partial charge in [0.25, 0.3) is 0 Å². The van der Waals surface area contributed by atoms with Crippen LogP contribution in [0.4, 0.5) is 0 Å². The van der Waals surface area contributed by atoms with E-state index in [4.69, 9.17) is 5.11 Å². The van der Waals surface area contributed by atoms with Crippen molar-refractivity contribution in [2.24, 2.45) is 0 Å². The van der Waals surface area contributed by atoms with Crippen LogP contribution in [0.15, 0.2) is 42.7 Å². The summed E-state index contributed by atoms with van der Waals surface area (Å²) in [7, 11) is 0. The van der Waals surface area contributed by atoms with Crippen LogP contribution in [0, 0.1) is 0 Å². The van der Waals surface area contributed by atoms with Gasteiger partial charge in [0, 0.05) is 36.9 Å². The van der Waals surface area contributed by atoms with Gasteiger partial charge in [-0.1, -0.05) is 18.2 Å². The van der Waals surface area contributed by atoms with Crippen molar-refractivity contribution in [2.75, 3.05) is 19.7 Å². The highest BCUT2D eigenvalue weighted by Crippen LogP contribution is 2.27. The minimum atomic E-state index is 0.137. The molecule has 1 aromatic carbocycles. The van der Waals surface area contributed by atoms with Crippen molar-refractivity contribution in [1.29, 1.82) is 0 Å². The van der Waals surface area contributed by atoms with E-state index >= 15 is 0 Å². The summed E-state index contributed by atoms with van der Waals surface area (Å²) < 4.78 is 1.84. The molecule has 1 atom stereocenters. The van der Waals surface area contributed by atoms with Gasteiger partial charge in [0.1, 0.15) is 0 Å². The second kappa shape index (κ2) is 6.79. The van der Waals surface area contributed by atoms with Crippen LogP contribution in [0.3, 0.4) is 0 Å². The Morgan fingerprint density at radius 2 is 2.21 bits per heavy atom. The third-order valence-corrected chi connectivity index (χ3v) is 4.98. The maximum atomic E-state index is 9.04. The number of fused-ring (bicyclic) bond motifs is 1. The molecule has 2 aromatic heterocycles. The summed E-state index contributed by atoms with van der Waals surface area (Å²) in [6.07, 6.45) is 6.39. The van der Waals surface area contributed by atoms with Crippen molar-refractivity contribution >= 4 is 10.9 Å². The second-order valence-corrected chi connectivity index (χ2v) is 6.66. The Morgan fingerprint density at radius 3 is 3.12 bits per heavy atom. The average molecular weight is 324 g/mol. The summed E-state index contributed by atoms with van der Waals surface area (Å²) in [5.74, 6) is 0.488. The van der Waals surface area contributed by atoms with Crippen LogP contribution in [-0.4, -0.2) is 44.5 Å². The van der Waals surface area contributed by atoms with Crippen molar-refractivity contribution < 1.29 is 5.11 Å². The van der Waals surface area contributed by atoms with Crippen molar-refractivity contribution in [3.05, 3.63) is 54.0 Å². The van der Waals surface area contributed by atoms with Crippen molar-refractivity contribution in [3.8, 4) is 0 Å². The topological polar surface area (TPSA) is 57.1 Å². The highest BCUT2D eigenvalue weighted by Gasteiger charge is 2.23. The van der Waals surface area contributed by atoms with Gasteiger partial charge >= 0.3 is 0 Å². The lowest BCUT2D eigenvalue weighted by Gasteiger charge is -2.32. The summed E-state index contributed by atoms with van der Waals surface area (Å²) >= 11 is 0. The number of aromatic nitrogens is 3. The highest BCUT2D eigenvalue weighted by molar-refractivity contribution is 5.82. The van der Waals surface area contributed by atoms with Gasteiger partial charge in [-0.05, 0) is 42.5 Å². The third-order valence-electron chi connectivity index (χ3n) is 4.98. The molecule has 0 unspecified atom stereocenters. The fraction of sp³-hybridized carbons (Fsp3) is 0.421. The monoisotopic (exact) mass is 324 g/mol. The van der Waals surface area contributed by atoms with Crippen molar-refractivity contribution in [3.63, 3.8) is 0 Å². The van der Waals surface area contributed by atoms with Crippen molar-refractivity contribution in [1.82, 2.24) is 19.7 Å². The third kappa shape index (κ3) is 3.09. The zero-order valence-corrected chi connectivity index (χ0v) is 13.9. The van der Waals surface area contributed by atoms with Gasteiger partial charge in [-0.15, -0.1) is 0 Å². The predicted octanol–water partition coefficient (Wildman–Crippen LogP) is 2.74. The van der Waals surface area contributed by atoms with Crippen LogP contribution in [0.1, 0.15) is 30.0 Å². The van der Waals surface area contributed by atoms with Crippen LogP contribution < -0.4 is 0 Å². The van der Waals surface area contributed by atoms with Crippen LogP contribution >= 0.6 is 0 Å². The van der Waals surface area contributed by atoms with E-state index in [0.717, 1.165) is 25.3 Å². The minimum absolute atomic E-state index is 0.137. The fourth-order valence-corrected chi connectivity index (χ4v) is 3.79. The van der Waals surface area contributed by atoms with E-state index in [1.165, 1.54) is 29.3 Å². The SMILES string of the molecule is OCCn1ccc([C@@H]2CCCN(Cc3cccc4cc[nH]c34)C2)n1.